The summed E-state index contributed by atoms with van der Waals surface area (Å²) in [7, 11) is 0. The lowest BCUT2D eigenvalue weighted by Crippen LogP contribution is -1.94. The Kier molecular flexibility index (Phi) is 6.06. The van der Waals surface area contributed by atoms with Crippen molar-refractivity contribution in [3.05, 3.63) is 23.3 Å². The van der Waals surface area contributed by atoms with Crippen LogP contribution in [0.25, 0.3) is 0 Å². The lowest BCUT2D eigenvalue weighted by molar-refractivity contribution is -0.139. The maximum absolute atomic E-state index is 9.66. The Balaban J connectivity index is 0.000000557. The fourth-order valence-corrected chi connectivity index (χ4v) is 1.27. The Labute approximate surface area is 100 Å². The van der Waals surface area contributed by atoms with E-state index in [1.165, 1.54) is 0 Å². The number of phenols is 1. The number of aliphatic carboxylic acids is 1. The molecule has 96 valence electrons. The van der Waals surface area contributed by atoms with Gasteiger partial charge in [-0.05, 0) is 18.4 Å². The van der Waals surface area contributed by atoms with Gasteiger partial charge in [0.05, 0.1) is 0 Å². The van der Waals surface area contributed by atoms with Gasteiger partial charge in [0, 0.05) is 12.5 Å². The Hall–Kier alpha value is -1.75. The van der Waals surface area contributed by atoms with Crippen LogP contribution in [0.1, 0.15) is 37.8 Å². The normalized spacial score (nSPS) is 9.53. The summed E-state index contributed by atoms with van der Waals surface area (Å²) in [5, 5.41) is 25.6. The van der Waals surface area contributed by atoms with Crippen molar-refractivity contribution in [1.29, 1.82) is 0 Å². The van der Waals surface area contributed by atoms with Crippen LogP contribution in [0.4, 0.5) is 0 Å². The molecule has 0 radical (unpaired) electrons. The molecule has 1 aromatic rings. The van der Waals surface area contributed by atoms with Crippen LogP contribution in [-0.4, -0.2) is 21.4 Å². The van der Waals surface area contributed by atoms with Crippen LogP contribution >= 0.6 is 0 Å². The standard InChI is InChI=1S/C10H14O3.C2H4O2/c1-6(2)8-5-4-7(3)10(13-12)9(8)11;1-2(3)4/h4-6,11-12H,1-3H3;1H3,(H,3,4). The molecule has 1 rings (SSSR count). The highest BCUT2D eigenvalue weighted by molar-refractivity contribution is 5.62. The van der Waals surface area contributed by atoms with Crippen molar-refractivity contribution >= 4 is 5.97 Å². The van der Waals surface area contributed by atoms with Crippen LogP contribution in [0.2, 0.25) is 0 Å². The Bertz CT molecular complexity index is 381. The van der Waals surface area contributed by atoms with E-state index in [2.05, 4.69) is 4.89 Å². The largest absolute Gasteiger partial charge is 0.504 e. The molecule has 0 aliphatic heterocycles. The van der Waals surface area contributed by atoms with Crippen molar-refractivity contribution in [2.75, 3.05) is 0 Å². The number of carboxylic acids is 1. The summed E-state index contributed by atoms with van der Waals surface area (Å²) in [5.41, 5.74) is 1.49. The van der Waals surface area contributed by atoms with Gasteiger partial charge in [0.2, 0.25) is 5.75 Å². The summed E-state index contributed by atoms with van der Waals surface area (Å²) in [6, 6.07) is 3.64. The van der Waals surface area contributed by atoms with E-state index in [4.69, 9.17) is 15.2 Å². The van der Waals surface area contributed by atoms with Crippen LogP contribution in [0.15, 0.2) is 12.1 Å². The number of carboxylic acid groups (broad SMARTS) is 1. The monoisotopic (exact) mass is 242 g/mol. The molecule has 5 nitrogen and oxygen atoms in total. The molecule has 0 fully saturated rings. The molecule has 0 aliphatic rings. The summed E-state index contributed by atoms with van der Waals surface area (Å²) >= 11 is 0. The first-order chi connectivity index (χ1) is 7.81. The first kappa shape index (κ1) is 15.2. The van der Waals surface area contributed by atoms with Gasteiger partial charge in [-0.3, -0.25) is 4.79 Å². The Morgan fingerprint density at radius 1 is 1.35 bits per heavy atom. The van der Waals surface area contributed by atoms with Gasteiger partial charge in [-0.15, -0.1) is 0 Å². The number of hydrogen-bond acceptors (Lipinski definition) is 4. The first-order valence-electron chi connectivity index (χ1n) is 5.14. The smallest absolute Gasteiger partial charge is 0.300 e. The van der Waals surface area contributed by atoms with E-state index in [9.17, 15) is 5.11 Å². The molecular weight excluding hydrogens is 224 g/mol. The molecule has 0 spiro atoms. The third-order valence-electron chi connectivity index (χ3n) is 2.07. The average molecular weight is 242 g/mol. The fourth-order valence-electron chi connectivity index (χ4n) is 1.27. The van der Waals surface area contributed by atoms with E-state index >= 15 is 0 Å². The predicted octanol–water partition coefficient (Wildman–Crippen LogP) is 2.77. The minimum atomic E-state index is -0.833. The number of phenolic OH excluding ortho intramolecular Hbond substituents is 1. The number of rotatable bonds is 2. The second kappa shape index (κ2) is 6.75. The van der Waals surface area contributed by atoms with Gasteiger partial charge in [-0.1, -0.05) is 26.0 Å². The summed E-state index contributed by atoms with van der Waals surface area (Å²) < 4.78 is 0. The lowest BCUT2D eigenvalue weighted by atomic mass is 10.00. The zero-order valence-electron chi connectivity index (χ0n) is 10.4. The van der Waals surface area contributed by atoms with Crippen molar-refractivity contribution in [3.8, 4) is 11.5 Å². The van der Waals surface area contributed by atoms with Crippen molar-refractivity contribution in [2.24, 2.45) is 0 Å². The lowest BCUT2D eigenvalue weighted by Gasteiger charge is -2.11. The van der Waals surface area contributed by atoms with Crippen molar-refractivity contribution in [1.82, 2.24) is 0 Å². The quantitative estimate of drug-likeness (QED) is 0.548. The third kappa shape index (κ3) is 4.74. The maximum Gasteiger partial charge on any atom is 0.300 e. The van der Waals surface area contributed by atoms with Crippen molar-refractivity contribution in [3.63, 3.8) is 0 Å². The molecule has 1 aromatic carbocycles. The van der Waals surface area contributed by atoms with E-state index in [1.807, 2.05) is 19.9 Å². The summed E-state index contributed by atoms with van der Waals surface area (Å²) in [6.45, 7) is 6.77. The number of aryl methyl sites for hydroxylation is 1. The SMILES string of the molecule is CC(=O)O.Cc1ccc(C(C)C)c(O)c1OO. The van der Waals surface area contributed by atoms with Gasteiger partial charge >= 0.3 is 0 Å². The molecule has 3 N–H and O–H groups in total. The zero-order chi connectivity index (χ0) is 13.6. The molecule has 0 unspecified atom stereocenters. The second-order valence-electron chi connectivity index (χ2n) is 3.91. The third-order valence-corrected chi connectivity index (χ3v) is 2.07. The molecular formula is C12H18O5. The van der Waals surface area contributed by atoms with Gasteiger partial charge in [0.15, 0.2) is 5.75 Å². The van der Waals surface area contributed by atoms with Crippen LogP contribution in [0.5, 0.6) is 11.5 Å². The highest BCUT2D eigenvalue weighted by Gasteiger charge is 2.13. The van der Waals surface area contributed by atoms with Gasteiger partial charge in [0.25, 0.3) is 5.97 Å². The highest BCUT2D eigenvalue weighted by Crippen LogP contribution is 2.36. The van der Waals surface area contributed by atoms with Gasteiger partial charge in [-0.25, -0.2) is 5.26 Å². The number of hydrogen-bond donors (Lipinski definition) is 3. The summed E-state index contributed by atoms with van der Waals surface area (Å²) in [4.78, 5) is 13.1. The van der Waals surface area contributed by atoms with E-state index < -0.39 is 5.97 Å². The minimum Gasteiger partial charge on any atom is -0.504 e. The molecule has 17 heavy (non-hydrogen) atoms. The maximum atomic E-state index is 9.66. The van der Waals surface area contributed by atoms with Crippen molar-refractivity contribution in [2.45, 2.75) is 33.6 Å². The van der Waals surface area contributed by atoms with E-state index in [-0.39, 0.29) is 17.4 Å². The average Bonchev–Trinajstić information content (AvgIpc) is 2.16. The zero-order valence-corrected chi connectivity index (χ0v) is 10.4. The topological polar surface area (TPSA) is 87.0 Å². The molecule has 0 bridgehead atoms. The molecule has 0 amide bonds. The highest BCUT2D eigenvalue weighted by atomic mass is 17.1. The predicted molar refractivity (Wildman–Crippen MR) is 63.5 cm³/mol. The summed E-state index contributed by atoms with van der Waals surface area (Å²) in [6.07, 6.45) is 0. The molecule has 0 heterocycles. The summed E-state index contributed by atoms with van der Waals surface area (Å²) in [5.74, 6) is -0.460. The van der Waals surface area contributed by atoms with Gasteiger partial charge < -0.3 is 15.1 Å². The van der Waals surface area contributed by atoms with Crippen LogP contribution in [-0.2, 0) is 4.79 Å². The van der Waals surface area contributed by atoms with E-state index in [0.717, 1.165) is 12.5 Å². The molecule has 0 saturated carbocycles. The fraction of sp³-hybridized carbons (Fsp3) is 0.417. The van der Waals surface area contributed by atoms with Crippen molar-refractivity contribution < 1.29 is 25.2 Å². The Morgan fingerprint density at radius 3 is 2.18 bits per heavy atom. The van der Waals surface area contributed by atoms with Gasteiger partial charge in [0.1, 0.15) is 0 Å². The number of carbonyl (C=O) groups is 1. The van der Waals surface area contributed by atoms with Crippen LogP contribution in [0, 0.1) is 6.92 Å². The minimum absolute atomic E-state index is 0.0255. The molecule has 0 saturated heterocycles. The number of benzene rings is 1. The van der Waals surface area contributed by atoms with Crippen LogP contribution in [0.3, 0.4) is 0 Å². The second-order valence-corrected chi connectivity index (χ2v) is 3.91. The van der Waals surface area contributed by atoms with E-state index in [0.29, 0.717) is 5.56 Å². The molecule has 5 heteroatoms. The number of aromatic hydroxyl groups is 1. The molecule has 0 aliphatic carbocycles. The van der Waals surface area contributed by atoms with Gasteiger partial charge in [-0.2, -0.15) is 0 Å². The van der Waals surface area contributed by atoms with Crippen LogP contribution < -0.4 is 4.89 Å². The van der Waals surface area contributed by atoms with E-state index in [1.54, 1.807) is 13.0 Å². The molecule has 0 atom stereocenters. The molecule has 0 aromatic heterocycles. The first-order valence-corrected chi connectivity index (χ1v) is 5.14. The Morgan fingerprint density at radius 2 is 1.82 bits per heavy atom.